The summed E-state index contributed by atoms with van der Waals surface area (Å²) in [5.41, 5.74) is 1.91. The fourth-order valence-corrected chi connectivity index (χ4v) is 4.00. The molecule has 0 aliphatic heterocycles. The summed E-state index contributed by atoms with van der Waals surface area (Å²) in [6, 6.07) is 12.6. The molecule has 8 heteroatoms. The van der Waals surface area contributed by atoms with Gasteiger partial charge in [0.2, 0.25) is 11.8 Å². The average Bonchev–Trinajstić information content (AvgIpc) is 3.22. The number of amides is 2. The number of aromatic amines is 1. The molecule has 0 atom stereocenters. The van der Waals surface area contributed by atoms with Crippen LogP contribution in [-0.2, 0) is 28.7 Å². The third-order valence-electron chi connectivity index (χ3n) is 6.04. The smallest absolute Gasteiger partial charge is 0.361 e. The van der Waals surface area contributed by atoms with Crippen LogP contribution < -0.4 is 0 Å². The molecule has 0 aliphatic rings. The minimum absolute atomic E-state index is 0.0802. The number of hydrogen-bond acceptors (Lipinski definition) is 2. The molecule has 0 saturated heterocycles. The van der Waals surface area contributed by atoms with Crippen molar-refractivity contribution in [2.45, 2.75) is 52.9 Å². The highest BCUT2D eigenvalue weighted by atomic mass is 19.4. The van der Waals surface area contributed by atoms with E-state index in [4.69, 9.17) is 0 Å². The highest BCUT2D eigenvalue weighted by Gasteiger charge is 2.30. The number of para-hydroxylation sites is 1. The molecule has 0 aliphatic carbocycles. The zero-order valence-corrected chi connectivity index (χ0v) is 20.5. The molecule has 2 amide bonds. The fraction of sp³-hybridized carbons (Fsp3) is 0.407. The van der Waals surface area contributed by atoms with Gasteiger partial charge in [-0.1, -0.05) is 44.2 Å². The number of carbonyl (C=O) groups is 2. The number of benzene rings is 2. The minimum Gasteiger partial charge on any atom is -0.361 e. The zero-order chi connectivity index (χ0) is 25.8. The lowest BCUT2D eigenvalue weighted by molar-refractivity contribution is -0.144. The molecule has 0 fully saturated rings. The molecule has 1 heterocycles. The summed E-state index contributed by atoms with van der Waals surface area (Å²) in [5, 5.41) is 1.06. The number of aromatic nitrogens is 1. The molecule has 0 unspecified atom stereocenters. The summed E-state index contributed by atoms with van der Waals surface area (Å²) in [6.45, 7) is 7.74. The van der Waals surface area contributed by atoms with E-state index in [0.717, 1.165) is 28.6 Å². The Balaban J connectivity index is 1.82. The van der Waals surface area contributed by atoms with E-state index in [-0.39, 0.29) is 36.9 Å². The predicted molar refractivity (Wildman–Crippen MR) is 131 cm³/mol. The van der Waals surface area contributed by atoms with Crippen LogP contribution in [-0.4, -0.2) is 45.7 Å². The van der Waals surface area contributed by atoms with E-state index in [1.165, 1.54) is 12.1 Å². The standard InChI is InChI=1S/C27H32F3N3O2/c1-18(2)26(35)33(19(3)4)17-25(34)32(16-20-9-11-22(12-10-20)27(28,29)30)14-13-21-15-31-24-8-6-5-7-23(21)24/h5-12,15,18-19,31H,13-14,16-17H2,1-4H3. The van der Waals surface area contributed by atoms with Gasteiger partial charge in [-0.2, -0.15) is 13.2 Å². The molecule has 3 rings (SSSR count). The highest BCUT2D eigenvalue weighted by Crippen LogP contribution is 2.29. The molecule has 0 spiro atoms. The Morgan fingerprint density at radius 3 is 2.23 bits per heavy atom. The van der Waals surface area contributed by atoms with Gasteiger partial charge < -0.3 is 14.8 Å². The van der Waals surface area contributed by atoms with Gasteiger partial charge in [-0.15, -0.1) is 0 Å². The van der Waals surface area contributed by atoms with Gasteiger partial charge in [-0.05, 0) is 49.6 Å². The van der Waals surface area contributed by atoms with Crippen LogP contribution >= 0.6 is 0 Å². The quantitative estimate of drug-likeness (QED) is 0.424. The average molecular weight is 488 g/mol. The number of fused-ring (bicyclic) bond motifs is 1. The second kappa shape index (κ2) is 11.0. The largest absolute Gasteiger partial charge is 0.416 e. The molecule has 1 aromatic heterocycles. The van der Waals surface area contributed by atoms with Gasteiger partial charge >= 0.3 is 6.18 Å². The molecular weight excluding hydrogens is 455 g/mol. The van der Waals surface area contributed by atoms with Crippen molar-refractivity contribution < 1.29 is 22.8 Å². The lowest BCUT2D eigenvalue weighted by Gasteiger charge is -2.31. The number of H-pyrrole nitrogens is 1. The molecular formula is C27H32F3N3O2. The topological polar surface area (TPSA) is 56.4 Å². The Labute approximate surface area is 203 Å². The molecule has 35 heavy (non-hydrogen) atoms. The van der Waals surface area contributed by atoms with Crippen LogP contribution in [0.1, 0.15) is 44.4 Å². The van der Waals surface area contributed by atoms with E-state index in [1.54, 1.807) is 23.6 Å². The van der Waals surface area contributed by atoms with Crippen LogP contribution in [0.4, 0.5) is 13.2 Å². The Morgan fingerprint density at radius 1 is 0.971 bits per heavy atom. The number of alkyl halides is 3. The summed E-state index contributed by atoms with van der Waals surface area (Å²) in [4.78, 5) is 32.4. The SMILES string of the molecule is CC(C)C(=O)N(CC(=O)N(CCc1c[nH]c2ccccc12)Cc1ccc(C(F)(F)F)cc1)C(C)C. The van der Waals surface area contributed by atoms with Crippen LogP contribution in [0.2, 0.25) is 0 Å². The first-order chi connectivity index (χ1) is 16.5. The molecule has 0 bridgehead atoms. The Hall–Kier alpha value is -3.29. The second-order valence-corrected chi connectivity index (χ2v) is 9.33. The van der Waals surface area contributed by atoms with Crippen LogP contribution in [0.15, 0.2) is 54.7 Å². The van der Waals surface area contributed by atoms with Crippen LogP contribution in [0, 0.1) is 5.92 Å². The molecule has 3 aromatic rings. The molecule has 188 valence electrons. The highest BCUT2D eigenvalue weighted by molar-refractivity contribution is 5.86. The van der Waals surface area contributed by atoms with Gasteiger partial charge in [0.15, 0.2) is 0 Å². The maximum absolute atomic E-state index is 13.4. The van der Waals surface area contributed by atoms with Crippen molar-refractivity contribution >= 4 is 22.7 Å². The van der Waals surface area contributed by atoms with Gasteiger partial charge in [0.25, 0.3) is 0 Å². The van der Waals surface area contributed by atoms with E-state index in [2.05, 4.69) is 4.98 Å². The molecule has 2 aromatic carbocycles. The summed E-state index contributed by atoms with van der Waals surface area (Å²) < 4.78 is 38.9. The van der Waals surface area contributed by atoms with Crippen molar-refractivity contribution in [3.63, 3.8) is 0 Å². The second-order valence-electron chi connectivity index (χ2n) is 9.33. The summed E-state index contributed by atoms with van der Waals surface area (Å²) in [5.74, 6) is -0.605. The van der Waals surface area contributed by atoms with E-state index in [9.17, 15) is 22.8 Å². The van der Waals surface area contributed by atoms with Gasteiger partial charge in [0.05, 0.1) is 12.1 Å². The maximum Gasteiger partial charge on any atom is 0.416 e. The third-order valence-corrected chi connectivity index (χ3v) is 6.04. The monoisotopic (exact) mass is 487 g/mol. The van der Waals surface area contributed by atoms with Crippen LogP contribution in [0.5, 0.6) is 0 Å². The Kier molecular flexibility index (Phi) is 8.25. The van der Waals surface area contributed by atoms with E-state index in [0.29, 0.717) is 18.5 Å². The van der Waals surface area contributed by atoms with Gasteiger partial charge in [-0.3, -0.25) is 9.59 Å². The van der Waals surface area contributed by atoms with E-state index >= 15 is 0 Å². The van der Waals surface area contributed by atoms with Crippen LogP contribution in [0.3, 0.4) is 0 Å². The first-order valence-corrected chi connectivity index (χ1v) is 11.8. The first kappa shape index (κ1) is 26.3. The first-order valence-electron chi connectivity index (χ1n) is 11.8. The van der Waals surface area contributed by atoms with Crippen molar-refractivity contribution in [2.75, 3.05) is 13.1 Å². The maximum atomic E-state index is 13.4. The summed E-state index contributed by atoms with van der Waals surface area (Å²) >= 11 is 0. The Morgan fingerprint density at radius 2 is 1.63 bits per heavy atom. The molecule has 5 nitrogen and oxygen atoms in total. The number of nitrogens with one attached hydrogen (secondary N) is 1. The number of rotatable bonds is 9. The fourth-order valence-electron chi connectivity index (χ4n) is 4.00. The van der Waals surface area contributed by atoms with Gasteiger partial charge in [-0.25, -0.2) is 0 Å². The normalized spacial score (nSPS) is 11.9. The number of carbonyl (C=O) groups excluding carboxylic acids is 2. The lowest BCUT2D eigenvalue weighted by atomic mass is 10.1. The van der Waals surface area contributed by atoms with Crippen molar-refractivity contribution in [1.82, 2.24) is 14.8 Å². The van der Waals surface area contributed by atoms with Crippen LogP contribution in [0.25, 0.3) is 10.9 Å². The number of halogens is 3. The van der Waals surface area contributed by atoms with E-state index in [1.807, 2.05) is 44.3 Å². The van der Waals surface area contributed by atoms with E-state index < -0.39 is 11.7 Å². The van der Waals surface area contributed by atoms with Crippen molar-refractivity contribution in [3.8, 4) is 0 Å². The molecule has 0 radical (unpaired) electrons. The summed E-state index contributed by atoms with van der Waals surface area (Å²) in [6.07, 6.45) is -1.94. The Bertz CT molecular complexity index is 1150. The summed E-state index contributed by atoms with van der Waals surface area (Å²) in [7, 11) is 0. The van der Waals surface area contributed by atoms with Gasteiger partial charge in [0, 0.05) is 42.1 Å². The van der Waals surface area contributed by atoms with Crippen molar-refractivity contribution in [3.05, 3.63) is 71.4 Å². The number of hydrogen-bond donors (Lipinski definition) is 1. The number of nitrogens with zero attached hydrogens (tertiary/aromatic N) is 2. The van der Waals surface area contributed by atoms with Crippen molar-refractivity contribution in [1.29, 1.82) is 0 Å². The minimum atomic E-state index is -4.42. The molecule has 0 saturated carbocycles. The third kappa shape index (κ3) is 6.65. The zero-order valence-electron chi connectivity index (χ0n) is 20.5. The van der Waals surface area contributed by atoms with Crippen molar-refractivity contribution in [2.24, 2.45) is 5.92 Å². The lowest BCUT2D eigenvalue weighted by Crippen LogP contribution is -2.47. The predicted octanol–water partition coefficient (Wildman–Crippen LogP) is 5.65. The molecule has 1 N–H and O–H groups in total. The van der Waals surface area contributed by atoms with Gasteiger partial charge in [0.1, 0.15) is 0 Å².